The number of nitrogens with zero attached hydrogens (tertiary/aromatic N) is 3. The van der Waals surface area contributed by atoms with E-state index in [9.17, 15) is 0 Å². The molecule has 0 aromatic carbocycles. The van der Waals surface area contributed by atoms with E-state index in [4.69, 9.17) is 4.74 Å². The first kappa shape index (κ1) is 13.4. The molecule has 5 nitrogen and oxygen atoms in total. The summed E-state index contributed by atoms with van der Waals surface area (Å²) in [4.78, 5) is 11.8. The maximum absolute atomic E-state index is 5.80. The Morgan fingerprint density at radius 1 is 1.50 bits per heavy atom. The van der Waals surface area contributed by atoms with E-state index in [0.29, 0.717) is 5.92 Å². The highest BCUT2D eigenvalue weighted by atomic mass is 16.5. The van der Waals surface area contributed by atoms with Gasteiger partial charge in [-0.2, -0.15) is 0 Å². The zero-order valence-electron chi connectivity index (χ0n) is 12.2. The average molecular weight is 274 g/mol. The highest BCUT2D eigenvalue weighted by molar-refractivity contribution is 5.05. The predicted molar refractivity (Wildman–Crippen MR) is 76.5 cm³/mol. The monoisotopic (exact) mass is 274 g/mol. The van der Waals surface area contributed by atoms with E-state index in [2.05, 4.69) is 39.6 Å². The smallest absolute Gasteiger partial charge is 0.111 e. The van der Waals surface area contributed by atoms with Gasteiger partial charge in [-0.15, -0.1) is 0 Å². The number of aromatic amines is 1. The molecule has 20 heavy (non-hydrogen) atoms. The van der Waals surface area contributed by atoms with E-state index in [-0.39, 0.29) is 5.60 Å². The molecule has 5 heteroatoms. The standard InChI is InChI=1S/C15H22N4O/c1-15(2)9-12(4-8-20-15)14-17-5-7-19(14)6-3-13-10-16-11-18-13/h5,7,10-12H,3-4,6,8-9H2,1-2H3,(H,16,18). The fourth-order valence-electron chi connectivity index (χ4n) is 2.98. The minimum Gasteiger partial charge on any atom is -0.376 e. The molecule has 1 atom stereocenters. The van der Waals surface area contributed by atoms with Crippen LogP contribution in [-0.4, -0.2) is 31.7 Å². The Kier molecular flexibility index (Phi) is 3.61. The molecule has 2 aromatic heterocycles. The third-order valence-corrected chi connectivity index (χ3v) is 3.99. The molecular weight excluding hydrogens is 252 g/mol. The van der Waals surface area contributed by atoms with Gasteiger partial charge < -0.3 is 14.3 Å². The van der Waals surface area contributed by atoms with Crippen LogP contribution in [-0.2, 0) is 17.7 Å². The average Bonchev–Trinajstić information content (AvgIpc) is 3.06. The van der Waals surface area contributed by atoms with E-state index >= 15 is 0 Å². The van der Waals surface area contributed by atoms with Crippen LogP contribution in [0.3, 0.4) is 0 Å². The summed E-state index contributed by atoms with van der Waals surface area (Å²) >= 11 is 0. The van der Waals surface area contributed by atoms with Crippen molar-refractivity contribution in [1.82, 2.24) is 19.5 Å². The third-order valence-electron chi connectivity index (χ3n) is 3.99. The maximum Gasteiger partial charge on any atom is 0.111 e. The quantitative estimate of drug-likeness (QED) is 0.932. The predicted octanol–water partition coefficient (Wildman–Crippen LogP) is 2.52. The van der Waals surface area contributed by atoms with Crippen LogP contribution in [0.1, 0.15) is 44.1 Å². The summed E-state index contributed by atoms with van der Waals surface area (Å²) in [5, 5.41) is 0. The number of H-pyrrole nitrogens is 1. The van der Waals surface area contributed by atoms with Crippen molar-refractivity contribution in [3.8, 4) is 0 Å². The summed E-state index contributed by atoms with van der Waals surface area (Å²) in [6.45, 7) is 6.09. The van der Waals surface area contributed by atoms with Crippen molar-refractivity contribution < 1.29 is 4.74 Å². The number of hydrogen-bond donors (Lipinski definition) is 1. The molecule has 1 aliphatic rings. The summed E-state index contributed by atoms with van der Waals surface area (Å²) < 4.78 is 8.07. The minimum atomic E-state index is -0.0386. The van der Waals surface area contributed by atoms with Crippen molar-refractivity contribution in [1.29, 1.82) is 0 Å². The molecule has 1 unspecified atom stereocenters. The molecule has 0 aliphatic carbocycles. The van der Waals surface area contributed by atoms with Gasteiger partial charge in [-0.25, -0.2) is 9.97 Å². The fraction of sp³-hybridized carbons (Fsp3) is 0.600. The maximum atomic E-state index is 5.80. The molecule has 3 heterocycles. The van der Waals surface area contributed by atoms with E-state index in [1.807, 2.05) is 12.4 Å². The second-order valence-corrected chi connectivity index (χ2v) is 6.10. The van der Waals surface area contributed by atoms with Gasteiger partial charge in [0.25, 0.3) is 0 Å². The van der Waals surface area contributed by atoms with Crippen LogP contribution >= 0.6 is 0 Å². The van der Waals surface area contributed by atoms with Gasteiger partial charge in [0.15, 0.2) is 0 Å². The Balaban J connectivity index is 1.69. The number of nitrogens with one attached hydrogen (secondary N) is 1. The number of imidazole rings is 2. The Hall–Kier alpha value is -1.62. The molecule has 1 saturated heterocycles. The lowest BCUT2D eigenvalue weighted by Crippen LogP contribution is -2.34. The lowest BCUT2D eigenvalue weighted by atomic mass is 9.88. The number of hydrogen-bond acceptors (Lipinski definition) is 3. The summed E-state index contributed by atoms with van der Waals surface area (Å²) in [5.74, 6) is 1.69. The minimum absolute atomic E-state index is 0.0386. The molecular formula is C15H22N4O. The zero-order valence-corrected chi connectivity index (χ0v) is 12.2. The van der Waals surface area contributed by atoms with Crippen LogP contribution in [0.5, 0.6) is 0 Å². The van der Waals surface area contributed by atoms with Gasteiger partial charge in [-0.3, -0.25) is 0 Å². The van der Waals surface area contributed by atoms with Gasteiger partial charge in [0, 0.05) is 49.8 Å². The first-order valence-electron chi connectivity index (χ1n) is 7.26. The summed E-state index contributed by atoms with van der Waals surface area (Å²) in [7, 11) is 0. The molecule has 108 valence electrons. The first-order chi connectivity index (χ1) is 9.64. The Morgan fingerprint density at radius 3 is 3.15 bits per heavy atom. The second-order valence-electron chi connectivity index (χ2n) is 6.10. The molecule has 0 radical (unpaired) electrons. The first-order valence-corrected chi connectivity index (χ1v) is 7.26. The largest absolute Gasteiger partial charge is 0.376 e. The van der Waals surface area contributed by atoms with E-state index in [1.165, 1.54) is 5.82 Å². The van der Waals surface area contributed by atoms with Crippen molar-refractivity contribution in [2.45, 2.75) is 51.2 Å². The molecule has 1 fully saturated rings. The van der Waals surface area contributed by atoms with Crippen LogP contribution in [0.2, 0.25) is 0 Å². The zero-order chi connectivity index (χ0) is 14.0. The number of ether oxygens (including phenoxy) is 1. The molecule has 0 bridgehead atoms. The van der Waals surface area contributed by atoms with Crippen molar-refractivity contribution in [3.05, 3.63) is 36.4 Å². The lowest BCUT2D eigenvalue weighted by molar-refractivity contribution is -0.0606. The fourth-order valence-corrected chi connectivity index (χ4v) is 2.98. The van der Waals surface area contributed by atoms with Gasteiger partial charge in [-0.1, -0.05) is 0 Å². The van der Waals surface area contributed by atoms with E-state index in [0.717, 1.165) is 38.1 Å². The van der Waals surface area contributed by atoms with Crippen molar-refractivity contribution in [2.75, 3.05) is 6.61 Å². The van der Waals surface area contributed by atoms with Crippen LogP contribution in [0, 0.1) is 0 Å². The van der Waals surface area contributed by atoms with Gasteiger partial charge in [0.1, 0.15) is 5.82 Å². The molecule has 2 aromatic rings. The SMILES string of the molecule is CC1(C)CC(c2nccn2CCc2cnc[nH]2)CCO1. The van der Waals surface area contributed by atoms with Gasteiger partial charge in [-0.05, 0) is 26.7 Å². The van der Waals surface area contributed by atoms with Crippen molar-refractivity contribution in [3.63, 3.8) is 0 Å². The third kappa shape index (κ3) is 2.93. The Morgan fingerprint density at radius 2 is 2.40 bits per heavy atom. The van der Waals surface area contributed by atoms with Crippen molar-refractivity contribution >= 4 is 0 Å². The summed E-state index contributed by atoms with van der Waals surface area (Å²) in [6, 6.07) is 0. The number of aromatic nitrogens is 4. The van der Waals surface area contributed by atoms with Gasteiger partial charge in [0.2, 0.25) is 0 Å². The van der Waals surface area contributed by atoms with Crippen molar-refractivity contribution in [2.24, 2.45) is 0 Å². The molecule has 1 N–H and O–H groups in total. The highest BCUT2D eigenvalue weighted by Gasteiger charge is 2.31. The molecule has 3 rings (SSSR count). The Labute approximate surface area is 119 Å². The lowest BCUT2D eigenvalue weighted by Gasteiger charge is -2.35. The van der Waals surface area contributed by atoms with Crippen LogP contribution in [0.25, 0.3) is 0 Å². The summed E-state index contributed by atoms with van der Waals surface area (Å²) in [5.41, 5.74) is 1.13. The molecule has 0 spiro atoms. The van der Waals surface area contributed by atoms with Gasteiger partial charge >= 0.3 is 0 Å². The van der Waals surface area contributed by atoms with Gasteiger partial charge in [0.05, 0.1) is 11.9 Å². The topological polar surface area (TPSA) is 55.7 Å². The van der Waals surface area contributed by atoms with E-state index in [1.54, 1.807) is 6.33 Å². The highest BCUT2D eigenvalue weighted by Crippen LogP contribution is 2.34. The second kappa shape index (κ2) is 5.40. The number of rotatable bonds is 4. The summed E-state index contributed by atoms with van der Waals surface area (Å²) in [6.07, 6.45) is 10.6. The number of aryl methyl sites for hydroxylation is 2. The Bertz CT molecular complexity index is 544. The molecule has 0 saturated carbocycles. The molecule has 1 aliphatic heterocycles. The molecule has 0 amide bonds. The van der Waals surface area contributed by atoms with Crippen LogP contribution < -0.4 is 0 Å². The van der Waals surface area contributed by atoms with Crippen LogP contribution in [0.15, 0.2) is 24.9 Å². The van der Waals surface area contributed by atoms with E-state index < -0.39 is 0 Å². The van der Waals surface area contributed by atoms with Crippen LogP contribution in [0.4, 0.5) is 0 Å². The normalized spacial score (nSPS) is 22.0.